The number of nitrogens with one attached hydrogen (secondary N) is 1. The molecule has 0 aromatic carbocycles. The molecule has 0 radical (unpaired) electrons. The maximum Gasteiger partial charge on any atom is 0.244 e. The summed E-state index contributed by atoms with van der Waals surface area (Å²) in [6.45, 7) is 0.0647. The van der Waals surface area contributed by atoms with E-state index in [0.717, 1.165) is 11.3 Å². The standard InChI is InChI=1S/C13H17ClN2O2S/c1-19-9-11(5-7-17)16-13(18)3-2-10-4-6-15-12(14)8-10/h2-4,6,8,11,17H,5,7,9H2,1H3,(H,16,18)/b3-2+. The summed E-state index contributed by atoms with van der Waals surface area (Å²) in [7, 11) is 0. The van der Waals surface area contributed by atoms with Crippen LogP contribution in [0.1, 0.15) is 12.0 Å². The molecule has 0 saturated carbocycles. The van der Waals surface area contributed by atoms with Gasteiger partial charge in [0.2, 0.25) is 5.91 Å². The third kappa shape index (κ3) is 6.61. The highest BCUT2D eigenvalue weighted by molar-refractivity contribution is 7.98. The van der Waals surface area contributed by atoms with E-state index < -0.39 is 0 Å². The average Bonchev–Trinajstić information content (AvgIpc) is 2.37. The van der Waals surface area contributed by atoms with Crippen molar-refractivity contribution in [3.05, 3.63) is 35.1 Å². The number of carbonyl (C=O) groups excluding carboxylic acids is 1. The molecule has 0 aliphatic rings. The molecule has 0 spiro atoms. The predicted octanol–water partition coefficient (Wildman–Crippen LogP) is 1.98. The lowest BCUT2D eigenvalue weighted by atomic mass is 10.2. The van der Waals surface area contributed by atoms with Crippen molar-refractivity contribution < 1.29 is 9.90 Å². The highest BCUT2D eigenvalue weighted by Gasteiger charge is 2.09. The maximum atomic E-state index is 11.7. The Morgan fingerprint density at radius 2 is 2.47 bits per heavy atom. The lowest BCUT2D eigenvalue weighted by molar-refractivity contribution is -0.117. The van der Waals surface area contributed by atoms with Crippen LogP contribution in [0, 0.1) is 0 Å². The van der Waals surface area contributed by atoms with E-state index in [1.807, 2.05) is 6.26 Å². The predicted molar refractivity (Wildman–Crippen MR) is 80.3 cm³/mol. The van der Waals surface area contributed by atoms with Crippen molar-refractivity contribution in [1.82, 2.24) is 10.3 Å². The molecule has 19 heavy (non-hydrogen) atoms. The van der Waals surface area contributed by atoms with E-state index in [-0.39, 0.29) is 18.6 Å². The summed E-state index contributed by atoms with van der Waals surface area (Å²) in [5.41, 5.74) is 0.818. The molecule has 0 aliphatic heterocycles. The Bertz CT molecular complexity index is 434. The van der Waals surface area contributed by atoms with Gasteiger partial charge in [0.25, 0.3) is 0 Å². The van der Waals surface area contributed by atoms with Crippen molar-refractivity contribution >= 4 is 35.3 Å². The first-order chi connectivity index (χ1) is 9.15. The van der Waals surface area contributed by atoms with Gasteiger partial charge in [0.05, 0.1) is 0 Å². The van der Waals surface area contributed by atoms with Crippen LogP contribution in [0.2, 0.25) is 5.15 Å². The minimum atomic E-state index is -0.180. The molecule has 0 saturated heterocycles. The topological polar surface area (TPSA) is 62.2 Å². The van der Waals surface area contributed by atoms with E-state index in [1.54, 1.807) is 36.2 Å². The molecule has 6 heteroatoms. The fourth-order valence-electron chi connectivity index (χ4n) is 1.50. The lowest BCUT2D eigenvalue weighted by Gasteiger charge is -2.15. The largest absolute Gasteiger partial charge is 0.396 e. The van der Waals surface area contributed by atoms with Gasteiger partial charge in [0.1, 0.15) is 5.15 Å². The van der Waals surface area contributed by atoms with Crippen LogP contribution in [-0.4, -0.2) is 40.7 Å². The number of carbonyl (C=O) groups is 1. The molecular formula is C13H17ClN2O2S. The number of aliphatic hydroxyl groups excluding tert-OH is 1. The van der Waals surface area contributed by atoms with Gasteiger partial charge in [0, 0.05) is 30.7 Å². The second-order valence-electron chi connectivity index (χ2n) is 3.92. The van der Waals surface area contributed by atoms with Crippen LogP contribution in [-0.2, 0) is 4.79 Å². The minimum Gasteiger partial charge on any atom is -0.396 e. The number of amides is 1. The van der Waals surface area contributed by atoms with E-state index in [2.05, 4.69) is 10.3 Å². The number of hydrogen-bond acceptors (Lipinski definition) is 4. The fraction of sp³-hybridized carbons (Fsp3) is 0.385. The van der Waals surface area contributed by atoms with Gasteiger partial charge in [0.15, 0.2) is 0 Å². The summed E-state index contributed by atoms with van der Waals surface area (Å²) in [4.78, 5) is 15.6. The average molecular weight is 301 g/mol. The molecule has 1 rings (SSSR count). The van der Waals surface area contributed by atoms with Crippen LogP contribution in [0.4, 0.5) is 0 Å². The van der Waals surface area contributed by atoms with Gasteiger partial charge in [-0.15, -0.1) is 0 Å². The Morgan fingerprint density at radius 3 is 3.11 bits per heavy atom. The van der Waals surface area contributed by atoms with E-state index >= 15 is 0 Å². The Labute approximate surface area is 122 Å². The smallest absolute Gasteiger partial charge is 0.244 e. The maximum absolute atomic E-state index is 11.7. The number of halogens is 1. The van der Waals surface area contributed by atoms with Gasteiger partial charge >= 0.3 is 0 Å². The first kappa shape index (κ1) is 16.0. The summed E-state index contributed by atoms with van der Waals surface area (Å²) in [5, 5.41) is 12.2. The lowest BCUT2D eigenvalue weighted by Crippen LogP contribution is -2.36. The van der Waals surface area contributed by atoms with E-state index in [4.69, 9.17) is 16.7 Å². The van der Waals surface area contributed by atoms with Gasteiger partial charge in [-0.25, -0.2) is 4.98 Å². The second-order valence-corrected chi connectivity index (χ2v) is 5.22. The summed E-state index contributed by atoms with van der Waals surface area (Å²) in [6.07, 6.45) is 7.24. The molecule has 0 aliphatic carbocycles. The third-order valence-electron chi connectivity index (χ3n) is 2.37. The van der Waals surface area contributed by atoms with Crippen LogP contribution in [0.25, 0.3) is 6.08 Å². The van der Waals surface area contributed by atoms with Gasteiger partial charge in [-0.2, -0.15) is 11.8 Å². The minimum absolute atomic E-state index is 0.0156. The Hall–Kier alpha value is -1.04. The molecular weight excluding hydrogens is 284 g/mol. The highest BCUT2D eigenvalue weighted by Crippen LogP contribution is 2.08. The van der Waals surface area contributed by atoms with Crippen LogP contribution >= 0.6 is 23.4 Å². The van der Waals surface area contributed by atoms with Crippen molar-refractivity contribution in [2.45, 2.75) is 12.5 Å². The van der Waals surface area contributed by atoms with Gasteiger partial charge in [-0.1, -0.05) is 11.6 Å². The molecule has 1 aromatic rings. The van der Waals surface area contributed by atoms with Gasteiger partial charge in [-0.3, -0.25) is 4.79 Å². The number of rotatable bonds is 7. The van der Waals surface area contributed by atoms with Crippen molar-refractivity contribution in [3.8, 4) is 0 Å². The number of thioether (sulfide) groups is 1. The van der Waals surface area contributed by atoms with Crippen molar-refractivity contribution in [1.29, 1.82) is 0 Å². The highest BCUT2D eigenvalue weighted by atomic mass is 35.5. The van der Waals surface area contributed by atoms with Gasteiger partial charge < -0.3 is 10.4 Å². The summed E-state index contributed by atoms with van der Waals surface area (Å²) in [6, 6.07) is 3.43. The van der Waals surface area contributed by atoms with Crippen LogP contribution in [0.15, 0.2) is 24.4 Å². The summed E-state index contributed by atoms with van der Waals surface area (Å²) < 4.78 is 0. The Balaban J connectivity index is 2.53. The normalized spacial score (nSPS) is 12.6. The molecule has 4 nitrogen and oxygen atoms in total. The molecule has 104 valence electrons. The third-order valence-corrected chi connectivity index (χ3v) is 3.31. The van der Waals surface area contributed by atoms with Crippen LogP contribution in [0.3, 0.4) is 0 Å². The number of aliphatic hydroxyl groups is 1. The van der Waals surface area contributed by atoms with Crippen molar-refractivity contribution in [2.24, 2.45) is 0 Å². The Kier molecular flexibility index (Phi) is 7.55. The fourth-order valence-corrected chi connectivity index (χ4v) is 2.33. The zero-order valence-electron chi connectivity index (χ0n) is 10.7. The van der Waals surface area contributed by atoms with Crippen molar-refractivity contribution in [3.63, 3.8) is 0 Å². The number of hydrogen-bond donors (Lipinski definition) is 2. The monoisotopic (exact) mass is 300 g/mol. The number of nitrogens with zero attached hydrogens (tertiary/aromatic N) is 1. The molecule has 1 unspecified atom stereocenters. The van der Waals surface area contributed by atoms with E-state index in [1.165, 1.54) is 6.08 Å². The first-order valence-electron chi connectivity index (χ1n) is 5.85. The van der Waals surface area contributed by atoms with Gasteiger partial charge in [-0.05, 0) is 36.4 Å². The molecule has 1 heterocycles. The van der Waals surface area contributed by atoms with E-state index in [9.17, 15) is 4.79 Å². The molecule has 0 fully saturated rings. The quantitative estimate of drug-likeness (QED) is 0.597. The molecule has 2 N–H and O–H groups in total. The molecule has 1 amide bonds. The number of pyridine rings is 1. The molecule has 0 bridgehead atoms. The first-order valence-corrected chi connectivity index (χ1v) is 7.63. The van der Waals surface area contributed by atoms with E-state index in [0.29, 0.717) is 11.6 Å². The zero-order valence-corrected chi connectivity index (χ0v) is 12.2. The summed E-state index contributed by atoms with van der Waals surface area (Å²) in [5.74, 6) is 0.599. The second kappa shape index (κ2) is 8.96. The van der Waals surface area contributed by atoms with Crippen LogP contribution in [0.5, 0.6) is 0 Å². The Morgan fingerprint density at radius 1 is 1.68 bits per heavy atom. The summed E-state index contributed by atoms with van der Waals surface area (Å²) >= 11 is 7.38. The number of aromatic nitrogens is 1. The zero-order chi connectivity index (χ0) is 14.1. The van der Waals surface area contributed by atoms with Crippen molar-refractivity contribution in [2.75, 3.05) is 18.6 Å². The molecule has 1 atom stereocenters. The molecule has 1 aromatic heterocycles. The van der Waals surface area contributed by atoms with Crippen LogP contribution < -0.4 is 5.32 Å². The SMILES string of the molecule is CSCC(CCO)NC(=O)/C=C/c1ccnc(Cl)c1.